The van der Waals surface area contributed by atoms with Crippen molar-refractivity contribution in [2.24, 2.45) is 0 Å². The van der Waals surface area contributed by atoms with Gasteiger partial charge in [0.2, 0.25) is 0 Å². The lowest BCUT2D eigenvalue weighted by atomic mass is 10.1. The number of nitrogens with zero attached hydrogens (tertiary/aromatic N) is 1. The van der Waals surface area contributed by atoms with Crippen molar-refractivity contribution in [1.82, 2.24) is 9.97 Å². The molecule has 0 saturated heterocycles. The molecule has 1 aromatic carbocycles. The van der Waals surface area contributed by atoms with E-state index in [0.29, 0.717) is 12.2 Å². The first kappa shape index (κ1) is 17.2. The number of ether oxygens (including phenoxy) is 2. The minimum Gasteiger partial charge on any atom is -0.486 e. The van der Waals surface area contributed by atoms with Gasteiger partial charge in [-0.2, -0.15) is 0 Å². The summed E-state index contributed by atoms with van der Waals surface area (Å²) >= 11 is 1.59. The van der Waals surface area contributed by atoms with Crippen molar-refractivity contribution >= 4 is 17.3 Å². The first-order valence-corrected chi connectivity index (χ1v) is 8.75. The maximum atomic E-state index is 12.0. The second kappa shape index (κ2) is 7.11. The van der Waals surface area contributed by atoms with E-state index in [1.165, 1.54) is 7.11 Å². The highest BCUT2D eigenvalue weighted by Gasteiger charge is 2.22. The lowest BCUT2D eigenvalue weighted by molar-refractivity contribution is 0.0599. The fourth-order valence-corrected chi connectivity index (χ4v) is 3.65. The number of benzene rings is 1. The van der Waals surface area contributed by atoms with E-state index in [-0.39, 0.29) is 5.97 Å². The second-order valence-electron chi connectivity index (χ2n) is 5.73. The number of nitrogens with one attached hydrogen (secondary N) is 1. The van der Waals surface area contributed by atoms with E-state index < -0.39 is 0 Å². The van der Waals surface area contributed by atoms with E-state index in [1.54, 1.807) is 11.3 Å². The van der Waals surface area contributed by atoms with Crippen molar-refractivity contribution in [3.63, 3.8) is 0 Å². The lowest BCUT2D eigenvalue weighted by Gasteiger charge is -2.02. The Hall–Kier alpha value is -2.60. The smallest absolute Gasteiger partial charge is 0.339 e. The van der Waals surface area contributed by atoms with Crippen LogP contribution in [0, 0.1) is 20.8 Å². The largest absolute Gasteiger partial charge is 0.486 e. The molecule has 130 valence electrons. The van der Waals surface area contributed by atoms with Crippen LogP contribution in [0.2, 0.25) is 0 Å². The van der Waals surface area contributed by atoms with Crippen molar-refractivity contribution in [3.8, 4) is 17.1 Å². The molecule has 0 radical (unpaired) electrons. The maximum absolute atomic E-state index is 12.0. The highest BCUT2D eigenvalue weighted by molar-refractivity contribution is 7.12. The van der Waals surface area contributed by atoms with Gasteiger partial charge in [0, 0.05) is 10.6 Å². The number of methoxy groups -OCH3 is 1. The number of thiazole rings is 1. The van der Waals surface area contributed by atoms with Crippen LogP contribution < -0.4 is 4.74 Å². The minimum atomic E-state index is -0.335. The number of aromatic amines is 1. The Bertz CT molecular complexity index is 897. The molecule has 0 saturated carbocycles. The van der Waals surface area contributed by atoms with Crippen molar-refractivity contribution in [2.75, 3.05) is 7.11 Å². The molecule has 0 amide bonds. The molecule has 0 atom stereocenters. The third-order valence-electron chi connectivity index (χ3n) is 4.01. The Balaban J connectivity index is 1.87. The van der Waals surface area contributed by atoms with Gasteiger partial charge in [-0.3, -0.25) is 0 Å². The summed E-state index contributed by atoms with van der Waals surface area (Å²) in [6, 6.07) is 9.67. The molecule has 0 bridgehead atoms. The number of carbonyl (C=O) groups excluding carboxylic acids is 1. The van der Waals surface area contributed by atoms with Crippen molar-refractivity contribution in [1.29, 1.82) is 0 Å². The summed E-state index contributed by atoms with van der Waals surface area (Å²) in [5.41, 5.74) is 3.93. The SMILES string of the molecule is COC(=O)c1c(C)[nH]c(-c2nc(COc3ccccc3)sc2C)c1C. The molecule has 5 nitrogen and oxygen atoms in total. The summed E-state index contributed by atoms with van der Waals surface area (Å²) < 4.78 is 10.6. The van der Waals surface area contributed by atoms with Crippen LogP contribution in [0.3, 0.4) is 0 Å². The Morgan fingerprint density at radius 2 is 1.92 bits per heavy atom. The van der Waals surface area contributed by atoms with Gasteiger partial charge in [0.15, 0.2) is 0 Å². The maximum Gasteiger partial charge on any atom is 0.339 e. The summed E-state index contributed by atoms with van der Waals surface area (Å²) in [5.74, 6) is 0.481. The average Bonchev–Trinajstić information content (AvgIpc) is 3.12. The molecule has 6 heteroatoms. The van der Waals surface area contributed by atoms with Gasteiger partial charge in [-0.1, -0.05) is 18.2 Å². The van der Waals surface area contributed by atoms with Crippen LogP contribution in [0.1, 0.15) is 31.5 Å². The zero-order valence-corrected chi connectivity index (χ0v) is 15.5. The van der Waals surface area contributed by atoms with Gasteiger partial charge in [-0.25, -0.2) is 9.78 Å². The van der Waals surface area contributed by atoms with Crippen molar-refractivity contribution < 1.29 is 14.3 Å². The number of rotatable bonds is 5. The van der Waals surface area contributed by atoms with Gasteiger partial charge in [-0.15, -0.1) is 11.3 Å². The summed E-state index contributed by atoms with van der Waals surface area (Å²) in [5, 5.41) is 0.891. The van der Waals surface area contributed by atoms with E-state index in [1.807, 2.05) is 51.1 Å². The molecule has 2 heterocycles. The monoisotopic (exact) mass is 356 g/mol. The zero-order chi connectivity index (χ0) is 18.0. The fourth-order valence-electron chi connectivity index (χ4n) is 2.80. The van der Waals surface area contributed by atoms with Gasteiger partial charge < -0.3 is 14.5 Å². The molecule has 3 aromatic rings. The van der Waals surface area contributed by atoms with Gasteiger partial charge in [0.05, 0.1) is 18.4 Å². The number of H-pyrrole nitrogens is 1. The van der Waals surface area contributed by atoms with Crippen LogP contribution in [0.5, 0.6) is 5.75 Å². The highest BCUT2D eigenvalue weighted by atomic mass is 32.1. The van der Waals surface area contributed by atoms with Crippen molar-refractivity contribution in [3.05, 3.63) is 57.0 Å². The molecule has 0 spiro atoms. The van der Waals surface area contributed by atoms with Crippen LogP contribution in [-0.2, 0) is 11.3 Å². The number of aryl methyl sites for hydroxylation is 2. The predicted octanol–water partition coefficient (Wildman–Crippen LogP) is 4.43. The zero-order valence-electron chi connectivity index (χ0n) is 14.7. The van der Waals surface area contributed by atoms with Gasteiger partial charge in [0.25, 0.3) is 0 Å². The summed E-state index contributed by atoms with van der Waals surface area (Å²) in [4.78, 5) is 21.0. The Morgan fingerprint density at radius 3 is 2.60 bits per heavy atom. The third kappa shape index (κ3) is 3.44. The number of hydrogen-bond donors (Lipinski definition) is 1. The minimum absolute atomic E-state index is 0.335. The van der Waals surface area contributed by atoms with E-state index in [4.69, 9.17) is 14.5 Å². The topological polar surface area (TPSA) is 64.2 Å². The molecule has 0 aliphatic rings. The van der Waals surface area contributed by atoms with E-state index in [0.717, 1.165) is 38.3 Å². The highest BCUT2D eigenvalue weighted by Crippen LogP contribution is 2.32. The van der Waals surface area contributed by atoms with E-state index in [2.05, 4.69) is 4.98 Å². The molecular weight excluding hydrogens is 336 g/mol. The number of hydrogen-bond acceptors (Lipinski definition) is 5. The molecule has 3 rings (SSSR count). The fraction of sp³-hybridized carbons (Fsp3) is 0.263. The van der Waals surface area contributed by atoms with Crippen LogP contribution >= 0.6 is 11.3 Å². The second-order valence-corrected chi connectivity index (χ2v) is 7.02. The standard InChI is InChI=1S/C19H20N2O3S/c1-11-16(19(22)23-4)12(2)20-17(11)18-13(3)25-15(21-18)10-24-14-8-6-5-7-9-14/h5-9,20H,10H2,1-4H3. The number of esters is 1. The van der Waals surface area contributed by atoms with Crippen LogP contribution in [-0.4, -0.2) is 23.0 Å². The Morgan fingerprint density at radius 1 is 1.20 bits per heavy atom. The normalized spacial score (nSPS) is 10.7. The van der Waals surface area contributed by atoms with E-state index >= 15 is 0 Å². The molecular formula is C19H20N2O3S. The molecule has 2 aromatic heterocycles. The Kier molecular flexibility index (Phi) is 4.90. The molecule has 0 aliphatic carbocycles. The summed E-state index contributed by atoms with van der Waals surface area (Å²) in [6.07, 6.45) is 0. The molecule has 25 heavy (non-hydrogen) atoms. The van der Waals surface area contributed by atoms with E-state index in [9.17, 15) is 4.79 Å². The molecule has 1 N–H and O–H groups in total. The molecule has 0 aliphatic heterocycles. The molecule has 0 fully saturated rings. The first-order chi connectivity index (χ1) is 12.0. The quantitative estimate of drug-likeness (QED) is 0.687. The van der Waals surface area contributed by atoms with Crippen LogP contribution in [0.4, 0.5) is 0 Å². The summed E-state index contributed by atoms with van der Waals surface area (Å²) in [6.45, 7) is 6.21. The third-order valence-corrected chi connectivity index (χ3v) is 4.95. The van der Waals surface area contributed by atoms with Gasteiger partial charge >= 0.3 is 5.97 Å². The predicted molar refractivity (Wildman–Crippen MR) is 98.2 cm³/mol. The van der Waals surface area contributed by atoms with Gasteiger partial charge in [0.1, 0.15) is 23.1 Å². The number of carbonyl (C=O) groups is 1. The van der Waals surface area contributed by atoms with Gasteiger partial charge in [-0.05, 0) is 38.5 Å². The number of para-hydroxylation sites is 1. The van der Waals surface area contributed by atoms with Crippen LogP contribution in [0.25, 0.3) is 11.4 Å². The summed E-state index contributed by atoms with van der Waals surface area (Å²) in [7, 11) is 1.39. The van der Waals surface area contributed by atoms with Crippen molar-refractivity contribution in [2.45, 2.75) is 27.4 Å². The number of aromatic nitrogens is 2. The lowest BCUT2D eigenvalue weighted by Crippen LogP contribution is -2.03. The first-order valence-electron chi connectivity index (χ1n) is 7.93. The van der Waals surface area contributed by atoms with Crippen LogP contribution in [0.15, 0.2) is 30.3 Å². The molecule has 0 unspecified atom stereocenters. The average molecular weight is 356 g/mol. The Labute approximate surface area is 150 Å².